The number of benzene rings is 1. The standard InChI is InChI=1S/C17H21NO3/c1-21-17(20)15-8-7-14-9-13(15)10-16(19)18(14)11-12-5-3-2-4-6-12/h2-6,13-15H,7-11H2,1H3/t13-,14+,15-/m0/s1. The number of ether oxygens (including phenoxy) is 1. The summed E-state index contributed by atoms with van der Waals surface area (Å²) in [6.45, 7) is 0.681. The molecule has 1 aliphatic carbocycles. The van der Waals surface area contributed by atoms with Crippen LogP contribution in [0, 0.1) is 11.8 Å². The van der Waals surface area contributed by atoms with Crippen LogP contribution in [-0.2, 0) is 20.9 Å². The van der Waals surface area contributed by atoms with Crippen molar-refractivity contribution in [3.8, 4) is 0 Å². The molecule has 2 fully saturated rings. The van der Waals surface area contributed by atoms with Crippen LogP contribution in [0.4, 0.5) is 0 Å². The Labute approximate surface area is 125 Å². The number of nitrogens with zero attached hydrogens (tertiary/aromatic N) is 1. The molecule has 4 nitrogen and oxygen atoms in total. The lowest BCUT2D eigenvalue weighted by Crippen LogP contribution is -2.51. The lowest BCUT2D eigenvalue weighted by Gasteiger charge is -2.45. The van der Waals surface area contributed by atoms with Crippen molar-refractivity contribution in [2.75, 3.05) is 7.11 Å². The van der Waals surface area contributed by atoms with Gasteiger partial charge in [0.1, 0.15) is 0 Å². The van der Waals surface area contributed by atoms with Gasteiger partial charge >= 0.3 is 5.97 Å². The molecule has 3 rings (SSSR count). The van der Waals surface area contributed by atoms with E-state index in [1.165, 1.54) is 12.7 Å². The first-order valence-corrected chi connectivity index (χ1v) is 7.60. The molecule has 1 amide bonds. The summed E-state index contributed by atoms with van der Waals surface area (Å²) >= 11 is 0. The quantitative estimate of drug-likeness (QED) is 0.802. The van der Waals surface area contributed by atoms with Crippen LogP contribution in [0.3, 0.4) is 0 Å². The van der Waals surface area contributed by atoms with E-state index in [1.807, 2.05) is 23.1 Å². The predicted molar refractivity (Wildman–Crippen MR) is 78.2 cm³/mol. The molecule has 112 valence electrons. The van der Waals surface area contributed by atoms with Gasteiger partial charge in [-0.15, -0.1) is 0 Å². The van der Waals surface area contributed by atoms with Crippen molar-refractivity contribution in [3.05, 3.63) is 35.9 Å². The molecule has 21 heavy (non-hydrogen) atoms. The first kappa shape index (κ1) is 14.1. The molecule has 0 spiro atoms. The molecule has 1 saturated heterocycles. The van der Waals surface area contributed by atoms with Crippen LogP contribution in [0.2, 0.25) is 0 Å². The van der Waals surface area contributed by atoms with Crippen molar-refractivity contribution >= 4 is 11.9 Å². The number of esters is 1. The van der Waals surface area contributed by atoms with E-state index in [0.717, 1.165) is 19.3 Å². The molecule has 2 aliphatic rings. The summed E-state index contributed by atoms with van der Waals surface area (Å²) in [7, 11) is 1.43. The Morgan fingerprint density at radius 1 is 1.29 bits per heavy atom. The fraction of sp³-hybridized carbons (Fsp3) is 0.529. The molecule has 3 atom stereocenters. The number of piperidine rings is 1. The molecule has 0 unspecified atom stereocenters. The largest absolute Gasteiger partial charge is 0.469 e. The zero-order valence-corrected chi connectivity index (χ0v) is 12.3. The summed E-state index contributed by atoms with van der Waals surface area (Å²) in [5.41, 5.74) is 1.17. The van der Waals surface area contributed by atoms with Crippen LogP contribution >= 0.6 is 0 Å². The van der Waals surface area contributed by atoms with Gasteiger partial charge < -0.3 is 9.64 Å². The van der Waals surface area contributed by atoms with E-state index >= 15 is 0 Å². The Hall–Kier alpha value is -1.84. The van der Waals surface area contributed by atoms with Crippen LogP contribution in [-0.4, -0.2) is 29.9 Å². The lowest BCUT2D eigenvalue weighted by molar-refractivity contribution is -0.155. The highest BCUT2D eigenvalue weighted by Gasteiger charge is 2.43. The minimum atomic E-state index is -0.150. The minimum Gasteiger partial charge on any atom is -0.469 e. The van der Waals surface area contributed by atoms with Gasteiger partial charge in [0.25, 0.3) is 0 Å². The van der Waals surface area contributed by atoms with E-state index in [-0.39, 0.29) is 29.8 Å². The number of carbonyl (C=O) groups excluding carboxylic acids is 2. The van der Waals surface area contributed by atoms with Crippen molar-refractivity contribution in [2.45, 2.75) is 38.3 Å². The van der Waals surface area contributed by atoms with E-state index in [0.29, 0.717) is 13.0 Å². The van der Waals surface area contributed by atoms with Gasteiger partial charge in [-0.2, -0.15) is 0 Å². The molecule has 0 aromatic heterocycles. The van der Waals surface area contributed by atoms with Gasteiger partial charge in [-0.05, 0) is 30.7 Å². The number of hydrogen-bond acceptors (Lipinski definition) is 3. The monoisotopic (exact) mass is 287 g/mol. The van der Waals surface area contributed by atoms with Gasteiger partial charge in [-0.1, -0.05) is 30.3 Å². The van der Waals surface area contributed by atoms with Gasteiger partial charge in [0, 0.05) is 19.0 Å². The fourth-order valence-corrected chi connectivity index (χ4v) is 3.75. The van der Waals surface area contributed by atoms with E-state index in [4.69, 9.17) is 4.74 Å². The Balaban J connectivity index is 1.71. The molecule has 1 aliphatic heterocycles. The number of hydrogen-bond donors (Lipinski definition) is 0. The molecular weight excluding hydrogens is 266 g/mol. The molecular formula is C17H21NO3. The Morgan fingerprint density at radius 2 is 2.05 bits per heavy atom. The lowest BCUT2D eigenvalue weighted by atomic mass is 9.72. The zero-order valence-electron chi connectivity index (χ0n) is 12.3. The first-order chi connectivity index (χ1) is 10.2. The van der Waals surface area contributed by atoms with Crippen LogP contribution < -0.4 is 0 Å². The van der Waals surface area contributed by atoms with Crippen molar-refractivity contribution in [3.63, 3.8) is 0 Å². The normalized spacial score (nSPS) is 28.3. The maximum absolute atomic E-state index is 12.4. The summed E-state index contributed by atoms with van der Waals surface area (Å²) < 4.78 is 4.87. The number of carbonyl (C=O) groups is 2. The molecule has 0 N–H and O–H groups in total. The highest BCUT2D eigenvalue weighted by molar-refractivity contribution is 5.80. The average Bonchev–Trinajstić information content (AvgIpc) is 2.52. The van der Waals surface area contributed by atoms with Crippen LogP contribution in [0.5, 0.6) is 0 Å². The first-order valence-electron chi connectivity index (χ1n) is 7.60. The molecule has 4 heteroatoms. The summed E-state index contributed by atoms with van der Waals surface area (Å²) in [6, 6.07) is 10.4. The van der Waals surface area contributed by atoms with Crippen LogP contribution in [0.25, 0.3) is 0 Å². The van der Waals surface area contributed by atoms with Crippen LogP contribution in [0.15, 0.2) is 30.3 Å². The van der Waals surface area contributed by atoms with Crippen molar-refractivity contribution in [1.82, 2.24) is 4.90 Å². The number of likely N-dealkylation sites (tertiary alicyclic amines) is 1. The predicted octanol–water partition coefficient (Wildman–Crippen LogP) is 2.38. The topological polar surface area (TPSA) is 46.6 Å². The van der Waals surface area contributed by atoms with Crippen LogP contribution in [0.1, 0.15) is 31.2 Å². The highest BCUT2D eigenvalue weighted by atomic mass is 16.5. The number of methoxy groups -OCH3 is 1. The maximum Gasteiger partial charge on any atom is 0.308 e. The SMILES string of the molecule is COC(=O)[C@H]1CC[C@@H]2C[C@H]1CC(=O)N2Cc1ccccc1. The van der Waals surface area contributed by atoms with Gasteiger partial charge in [0.05, 0.1) is 13.0 Å². The Bertz CT molecular complexity index is 528. The van der Waals surface area contributed by atoms with Crippen molar-refractivity contribution in [2.24, 2.45) is 11.8 Å². The third-order valence-electron chi connectivity index (χ3n) is 4.85. The fourth-order valence-electron chi connectivity index (χ4n) is 3.75. The molecule has 1 saturated carbocycles. The van der Waals surface area contributed by atoms with E-state index < -0.39 is 0 Å². The number of amides is 1. The minimum absolute atomic E-state index is 0.0888. The third kappa shape index (κ3) is 2.80. The molecule has 2 bridgehead atoms. The zero-order chi connectivity index (χ0) is 14.8. The second-order valence-corrected chi connectivity index (χ2v) is 6.07. The summed E-state index contributed by atoms with van der Waals surface area (Å²) in [6.07, 6.45) is 3.14. The summed E-state index contributed by atoms with van der Waals surface area (Å²) in [5, 5.41) is 0. The summed E-state index contributed by atoms with van der Waals surface area (Å²) in [4.78, 5) is 26.2. The van der Waals surface area contributed by atoms with Gasteiger partial charge in [0.15, 0.2) is 0 Å². The second kappa shape index (κ2) is 5.88. The average molecular weight is 287 g/mol. The highest BCUT2D eigenvalue weighted by Crippen LogP contribution is 2.40. The number of fused-ring (bicyclic) bond motifs is 2. The Kier molecular flexibility index (Phi) is 3.95. The second-order valence-electron chi connectivity index (χ2n) is 6.07. The van der Waals surface area contributed by atoms with E-state index in [2.05, 4.69) is 12.1 Å². The molecule has 1 heterocycles. The van der Waals surface area contributed by atoms with Gasteiger partial charge in [-0.3, -0.25) is 9.59 Å². The third-order valence-corrected chi connectivity index (χ3v) is 4.85. The Morgan fingerprint density at radius 3 is 2.76 bits per heavy atom. The van der Waals surface area contributed by atoms with Crippen molar-refractivity contribution < 1.29 is 14.3 Å². The van der Waals surface area contributed by atoms with E-state index in [1.54, 1.807) is 0 Å². The summed E-state index contributed by atoms with van der Waals surface area (Å²) in [5.74, 6) is 0.0984. The molecule has 0 radical (unpaired) electrons. The van der Waals surface area contributed by atoms with E-state index in [9.17, 15) is 9.59 Å². The smallest absolute Gasteiger partial charge is 0.308 e. The van der Waals surface area contributed by atoms with Gasteiger partial charge in [0.2, 0.25) is 5.91 Å². The van der Waals surface area contributed by atoms with Crippen molar-refractivity contribution in [1.29, 1.82) is 0 Å². The molecule has 1 aromatic carbocycles. The van der Waals surface area contributed by atoms with Gasteiger partial charge in [-0.25, -0.2) is 0 Å². The number of rotatable bonds is 3. The maximum atomic E-state index is 12.4. The molecule has 1 aromatic rings.